The molecular weight excluding hydrogens is 318 g/mol. The maximum absolute atomic E-state index is 4.60. The maximum Gasteiger partial charge on any atom is 0.146 e. The summed E-state index contributed by atoms with van der Waals surface area (Å²) in [4.78, 5) is 4.60. The number of hydrogen-bond acceptors (Lipinski definition) is 3. The van der Waals surface area contributed by atoms with E-state index in [0.29, 0.717) is 5.92 Å². The van der Waals surface area contributed by atoms with Gasteiger partial charge in [0.2, 0.25) is 0 Å². The molecule has 2 aromatic carbocycles. The summed E-state index contributed by atoms with van der Waals surface area (Å²) >= 11 is 0. The van der Waals surface area contributed by atoms with Gasteiger partial charge in [0.05, 0.1) is 11.7 Å². The molecule has 0 fully saturated rings. The van der Waals surface area contributed by atoms with Crippen LogP contribution in [0.1, 0.15) is 57.2 Å². The van der Waals surface area contributed by atoms with Gasteiger partial charge in [-0.25, -0.2) is 4.98 Å². The number of hydrogen-bond donors (Lipinski definition) is 1. The molecule has 1 N–H and O–H groups in total. The molecule has 0 amide bonds. The van der Waals surface area contributed by atoms with Crippen LogP contribution >= 0.6 is 0 Å². The smallest absolute Gasteiger partial charge is 0.146 e. The van der Waals surface area contributed by atoms with Gasteiger partial charge in [-0.05, 0) is 52.3 Å². The Morgan fingerprint density at radius 3 is 2.50 bits per heavy atom. The Kier molecular flexibility index (Phi) is 5.08. The van der Waals surface area contributed by atoms with Crippen LogP contribution in [0.4, 0.5) is 5.82 Å². The van der Waals surface area contributed by atoms with Gasteiger partial charge in [-0.2, -0.15) is 5.10 Å². The molecule has 3 aromatic rings. The van der Waals surface area contributed by atoms with Gasteiger partial charge in [0.15, 0.2) is 0 Å². The first kappa shape index (κ1) is 18.1. The van der Waals surface area contributed by atoms with E-state index in [9.17, 15) is 0 Å². The summed E-state index contributed by atoms with van der Waals surface area (Å²) in [6.45, 7) is 11.1. The summed E-state index contributed by atoms with van der Waals surface area (Å²) in [5, 5.41) is 5.58. The number of nitrogens with zero attached hydrogens (tertiary/aromatic N) is 2. The number of hydrazone groups is 1. The molecule has 0 saturated carbocycles. The van der Waals surface area contributed by atoms with Gasteiger partial charge in [0.25, 0.3) is 0 Å². The highest BCUT2D eigenvalue weighted by Gasteiger charge is 2.17. The van der Waals surface area contributed by atoms with E-state index >= 15 is 0 Å². The average molecular weight is 345 g/mol. The second kappa shape index (κ2) is 7.28. The average Bonchev–Trinajstić information content (AvgIpc) is 2.60. The first-order valence-corrected chi connectivity index (χ1v) is 9.14. The predicted molar refractivity (Wildman–Crippen MR) is 112 cm³/mol. The SMILES string of the molecule is CC(C)c1ccc(C(C)(C)C)c(/C=N/Nc2ccc3ccccc3n2)c1. The molecule has 0 aliphatic rings. The van der Waals surface area contributed by atoms with E-state index < -0.39 is 0 Å². The lowest BCUT2D eigenvalue weighted by Crippen LogP contribution is -2.14. The van der Waals surface area contributed by atoms with Crippen molar-refractivity contribution in [2.45, 2.75) is 46.0 Å². The van der Waals surface area contributed by atoms with Gasteiger partial charge < -0.3 is 0 Å². The zero-order chi connectivity index (χ0) is 18.7. The summed E-state index contributed by atoms with van der Waals surface area (Å²) in [6, 6.07) is 18.8. The lowest BCUT2D eigenvalue weighted by atomic mass is 9.82. The highest BCUT2D eigenvalue weighted by atomic mass is 15.3. The van der Waals surface area contributed by atoms with Crippen LogP contribution < -0.4 is 5.43 Å². The molecule has 0 radical (unpaired) electrons. The number of nitrogens with one attached hydrogen (secondary N) is 1. The Morgan fingerprint density at radius 1 is 1.00 bits per heavy atom. The Hall–Kier alpha value is -2.68. The van der Waals surface area contributed by atoms with Crippen molar-refractivity contribution in [3.8, 4) is 0 Å². The number of benzene rings is 2. The number of anilines is 1. The summed E-state index contributed by atoms with van der Waals surface area (Å²) < 4.78 is 0. The fraction of sp³-hybridized carbons (Fsp3) is 0.304. The van der Waals surface area contributed by atoms with Gasteiger partial charge in [0, 0.05) is 5.39 Å². The minimum absolute atomic E-state index is 0.0675. The normalized spacial score (nSPS) is 12.2. The van der Waals surface area contributed by atoms with E-state index in [1.165, 1.54) is 11.1 Å². The van der Waals surface area contributed by atoms with Crippen molar-refractivity contribution >= 4 is 22.9 Å². The summed E-state index contributed by atoms with van der Waals surface area (Å²) in [7, 11) is 0. The molecule has 3 rings (SSSR count). The van der Waals surface area contributed by atoms with Gasteiger partial charge in [-0.1, -0.05) is 65.0 Å². The molecule has 3 heteroatoms. The lowest BCUT2D eigenvalue weighted by Gasteiger charge is -2.22. The van der Waals surface area contributed by atoms with E-state index in [-0.39, 0.29) is 5.41 Å². The topological polar surface area (TPSA) is 37.3 Å². The molecule has 1 aromatic heterocycles. The van der Waals surface area contributed by atoms with E-state index in [1.807, 2.05) is 30.5 Å². The van der Waals surface area contributed by atoms with Crippen molar-refractivity contribution in [3.05, 3.63) is 71.3 Å². The Morgan fingerprint density at radius 2 is 1.77 bits per heavy atom. The van der Waals surface area contributed by atoms with E-state index in [0.717, 1.165) is 22.3 Å². The lowest BCUT2D eigenvalue weighted by molar-refractivity contribution is 0.589. The Balaban J connectivity index is 1.87. The number of aromatic nitrogens is 1. The zero-order valence-corrected chi connectivity index (χ0v) is 16.2. The van der Waals surface area contributed by atoms with Crippen LogP contribution in [-0.4, -0.2) is 11.2 Å². The third-order valence-electron chi connectivity index (χ3n) is 4.53. The van der Waals surface area contributed by atoms with Crippen molar-refractivity contribution in [1.29, 1.82) is 0 Å². The molecule has 1 heterocycles. The van der Waals surface area contributed by atoms with Crippen LogP contribution in [0.15, 0.2) is 59.7 Å². The largest absolute Gasteiger partial charge is 0.261 e. The van der Waals surface area contributed by atoms with Crippen LogP contribution in [0.2, 0.25) is 0 Å². The molecule has 134 valence electrons. The Labute approximate surface area is 156 Å². The van der Waals surface area contributed by atoms with Crippen molar-refractivity contribution in [3.63, 3.8) is 0 Å². The number of fused-ring (bicyclic) bond motifs is 1. The predicted octanol–water partition coefficient (Wildman–Crippen LogP) is 6.10. The van der Waals surface area contributed by atoms with Crippen LogP contribution in [-0.2, 0) is 5.41 Å². The van der Waals surface area contributed by atoms with E-state index in [2.05, 4.69) is 80.5 Å². The fourth-order valence-electron chi connectivity index (χ4n) is 3.03. The minimum atomic E-state index is 0.0675. The van der Waals surface area contributed by atoms with Gasteiger partial charge in [-0.15, -0.1) is 0 Å². The highest BCUT2D eigenvalue weighted by Crippen LogP contribution is 2.28. The molecule has 3 nitrogen and oxygen atoms in total. The molecule has 0 aliphatic heterocycles. The van der Waals surface area contributed by atoms with Crippen molar-refractivity contribution in [2.75, 3.05) is 5.43 Å². The summed E-state index contributed by atoms with van der Waals surface area (Å²) in [5.74, 6) is 1.24. The van der Waals surface area contributed by atoms with Gasteiger partial charge in [-0.3, -0.25) is 5.43 Å². The molecule has 0 unspecified atom stereocenters. The van der Waals surface area contributed by atoms with Crippen molar-refractivity contribution in [1.82, 2.24) is 4.98 Å². The molecule has 0 aliphatic carbocycles. The first-order chi connectivity index (χ1) is 12.3. The van der Waals surface area contributed by atoms with Crippen LogP contribution in [0, 0.1) is 0 Å². The second-order valence-corrected chi connectivity index (χ2v) is 8.01. The number of rotatable bonds is 4. The van der Waals surface area contributed by atoms with Gasteiger partial charge >= 0.3 is 0 Å². The van der Waals surface area contributed by atoms with Crippen LogP contribution in [0.5, 0.6) is 0 Å². The molecule has 0 spiro atoms. The monoisotopic (exact) mass is 345 g/mol. The van der Waals surface area contributed by atoms with E-state index in [4.69, 9.17) is 0 Å². The van der Waals surface area contributed by atoms with Crippen molar-refractivity contribution < 1.29 is 0 Å². The third-order valence-corrected chi connectivity index (χ3v) is 4.53. The zero-order valence-electron chi connectivity index (χ0n) is 16.2. The number of para-hydroxylation sites is 1. The summed E-state index contributed by atoms with van der Waals surface area (Å²) in [6.07, 6.45) is 1.91. The summed E-state index contributed by atoms with van der Waals surface area (Å²) in [5.41, 5.74) is 7.86. The van der Waals surface area contributed by atoms with Crippen molar-refractivity contribution in [2.24, 2.45) is 5.10 Å². The highest BCUT2D eigenvalue weighted by molar-refractivity contribution is 5.84. The molecule has 0 saturated heterocycles. The minimum Gasteiger partial charge on any atom is -0.261 e. The number of pyridine rings is 1. The first-order valence-electron chi connectivity index (χ1n) is 9.14. The molecular formula is C23H27N3. The maximum atomic E-state index is 4.60. The molecule has 26 heavy (non-hydrogen) atoms. The molecule has 0 atom stereocenters. The fourth-order valence-corrected chi connectivity index (χ4v) is 3.03. The van der Waals surface area contributed by atoms with E-state index in [1.54, 1.807) is 0 Å². The Bertz CT molecular complexity index is 934. The van der Waals surface area contributed by atoms with Gasteiger partial charge in [0.1, 0.15) is 5.82 Å². The molecule has 0 bridgehead atoms. The standard InChI is InChI=1S/C23H27N3/c1-16(2)18-10-12-20(23(3,4)5)19(14-18)15-24-26-22-13-11-17-8-6-7-9-21(17)25-22/h6-16H,1-5H3,(H,25,26)/b24-15+. The quantitative estimate of drug-likeness (QED) is 0.458. The third kappa shape index (κ3) is 4.10. The second-order valence-electron chi connectivity index (χ2n) is 8.01. The van der Waals surface area contributed by atoms with Crippen LogP contribution in [0.25, 0.3) is 10.9 Å². The van der Waals surface area contributed by atoms with Crippen LogP contribution in [0.3, 0.4) is 0 Å².